The van der Waals surface area contributed by atoms with Crippen LogP contribution in [0, 0.1) is 0 Å². The molecule has 0 aliphatic carbocycles. The number of nitrogens with zero attached hydrogens (tertiary/aromatic N) is 3. The lowest BCUT2D eigenvalue weighted by Crippen LogP contribution is -2.52. The Balaban J connectivity index is 1.82. The first-order valence-corrected chi connectivity index (χ1v) is 9.57. The molecule has 2 rings (SSSR count). The molecule has 23 heavy (non-hydrogen) atoms. The number of nitrogens with one attached hydrogen (secondary N) is 1. The highest BCUT2D eigenvalue weighted by Gasteiger charge is 2.28. The van der Waals surface area contributed by atoms with E-state index in [-0.39, 0.29) is 11.8 Å². The predicted octanol–water partition coefficient (Wildman–Crippen LogP) is 1.75. The third kappa shape index (κ3) is 5.18. The van der Waals surface area contributed by atoms with E-state index in [0.29, 0.717) is 38.3 Å². The van der Waals surface area contributed by atoms with Crippen molar-refractivity contribution in [1.82, 2.24) is 14.2 Å². The molecule has 1 N–H and O–H groups in total. The van der Waals surface area contributed by atoms with Gasteiger partial charge in [-0.3, -0.25) is 4.98 Å². The van der Waals surface area contributed by atoms with Crippen molar-refractivity contribution in [3.8, 4) is 0 Å². The summed E-state index contributed by atoms with van der Waals surface area (Å²) in [6.07, 6.45) is 5.83. The number of carbonyl (C=O) groups is 1. The van der Waals surface area contributed by atoms with Crippen LogP contribution in [0.15, 0.2) is 24.5 Å². The van der Waals surface area contributed by atoms with Gasteiger partial charge in [-0.05, 0) is 18.6 Å². The Kier molecular flexibility index (Phi) is 6.35. The van der Waals surface area contributed by atoms with E-state index in [4.69, 9.17) is 0 Å². The molecule has 1 aliphatic heterocycles. The maximum atomic E-state index is 12.2. The standard InChI is InChI=1S/C15H24N4O3S/c1-2-3-4-12-23(21,22)19-10-8-18(9-11-19)15(20)17-14-6-5-7-16-13-14/h5-7,13H,2-4,8-12H2,1H3,(H,17,20). The molecule has 7 nitrogen and oxygen atoms in total. The monoisotopic (exact) mass is 340 g/mol. The van der Waals surface area contributed by atoms with E-state index in [0.717, 1.165) is 12.8 Å². The number of hydrogen-bond acceptors (Lipinski definition) is 4. The molecule has 1 fully saturated rings. The molecular weight excluding hydrogens is 316 g/mol. The molecule has 0 aromatic carbocycles. The van der Waals surface area contributed by atoms with Gasteiger partial charge < -0.3 is 10.2 Å². The topological polar surface area (TPSA) is 82.6 Å². The molecule has 0 radical (unpaired) electrons. The molecule has 1 saturated heterocycles. The minimum atomic E-state index is -3.20. The molecule has 0 unspecified atom stereocenters. The number of anilines is 1. The summed E-state index contributed by atoms with van der Waals surface area (Å²) in [6, 6.07) is 3.29. The van der Waals surface area contributed by atoms with Crippen LogP contribution < -0.4 is 5.32 Å². The Morgan fingerprint density at radius 1 is 1.26 bits per heavy atom. The molecule has 8 heteroatoms. The van der Waals surface area contributed by atoms with Gasteiger partial charge in [0.2, 0.25) is 10.0 Å². The van der Waals surface area contributed by atoms with E-state index in [1.807, 2.05) is 6.92 Å². The van der Waals surface area contributed by atoms with E-state index in [9.17, 15) is 13.2 Å². The largest absolute Gasteiger partial charge is 0.322 e. The number of sulfonamides is 1. The summed E-state index contributed by atoms with van der Waals surface area (Å²) in [5, 5.41) is 2.76. The summed E-state index contributed by atoms with van der Waals surface area (Å²) in [5.74, 6) is 0.197. The average molecular weight is 340 g/mol. The van der Waals surface area contributed by atoms with Crippen molar-refractivity contribution in [2.24, 2.45) is 0 Å². The lowest BCUT2D eigenvalue weighted by molar-refractivity contribution is 0.184. The highest BCUT2D eigenvalue weighted by atomic mass is 32.2. The van der Waals surface area contributed by atoms with Gasteiger partial charge in [0.1, 0.15) is 0 Å². The highest BCUT2D eigenvalue weighted by Crippen LogP contribution is 2.12. The number of amides is 2. The zero-order valence-electron chi connectivity index (χ0n) is 13.4. The Hall–Kier alpha value is -1.67. The summed E-state index contributed by atoms with van der Waals surface area (Å²) in [4.78, 5) is 17.7. The first-order valence-electron chi connectivity index (χ1n) is 7.96. The fourth-order valence-corrected chi connectivity index (χ4v) is 4.02. The number of rotatable bonds is 6. The summed E-state index contributed by atoms with van der Waals surface area (Å²) < 4.78 is 25.9. The van der Waals surface area contributed by atoms with Crippen molar-refractivity contribution in [1.29, 1.82) is 0 Å². The smallest absolute Gasteiger partial charge is 0.321 e. The van der Waals surface area contributed by atoms with Gasteiger partial charge in [-0.15, -0.1) is 0 Å². The van der Waals surface area contributed by atoms with Crippen molar-refractivity contribution in [2.75, 3.05) is 37.2 Å². The Morgan fingerprint density at radius 2 is 2.00 bits per heavy atom. The molecule has 128 valence electrons. The lowest BCUT2D eigenvalue weighted by Gasteiger charge is -2.34. The summed E-state index contributed by atoms with van der Waals surface area (Å²) in [5.41, 5.74) is 0.632. The minimum Gasteiger partial charge on any atom is -0.322 e. The highest BCUT2D eigenvalue weighted by molar-refractivity contribution is 7.89. The number of aromatic nitrogens is 1. The lowest BCUT2D eigenvalue weighted by atomic mass is 10.3. The van der Waals surface area contributed by atoms with Crippen LogP contribution in [0.2, 0.25) is 0 Å². The van der Waals surface area contributed by atoms with Crippen LogP contribution in [0.4, 0.5) is 10.5 Å². The number of hydrogen-bond donors (Lipinski definition) is 1. The van der Waals surface area contributed by atoms with Gasteiger partial charge in [-0.2, -0.15) is 4.31 Å². The minimum absolute atomic E-state index is 0.197. The van der Waals surface area contributed by atoms with Gasteiger partial charge in [-0.1, -0.05) is 19.8 Å². The van der Waals surface area contributed by atoms with Gasteiger partial charge in [0.05, 0.1) is 17.6 Å². The van der Waals surface area contributed by atoms with Crippen molar-refractivity contribution in [3.05, 3.63) is 24.5 Å². The van der Waals surface area contributed by atoms with Gasteiger partial charge in [-0.25, -0.2) is 13.2 Å². The summed E-state index contributed by atoms with van der Waals surface area (Å²) in [7, 11) is -3.20. The fraction of sp³-hybridized carbons (Fsp3) is 0.600. The second-order valence-electron chi connectivity index (χ2n) is 5.58. The van der Waals surface area contributed by atoms with Gasteiger partial charge in [0, 0.05) is 32.4 Å². The van der Waals surface area contributed by atoms with Crippen LogP contribution >= 0.6 is 0 Å². The number of urea groups is 1. The third-order valence-electron chi connectivity index (χ3n) is 3.84. The molecule has 2 amide bonds. The van der Waals surface area contributed by atoms with Crippen molar-refractivity contribution in [3.63, 3.8) is 0 Å². The quantitative estimate of drug-likeness (QED) is 0.800. The maximum Gasteiger partial charge on any atom is 0.321 e. The molecule has 1 aromatic rings. The number of pyridine rings is 1. The van der Waals surface area contributed by atoms with E-state index < -0.39 is 10.0 Å². The van der Waals surface area contributed by atoms with Crippen LogP contribution in [-0.4, -0.2) is 60.6 Å². The molecule has 1 aromatic heterocycles. The third-order valence-corrected chi connectivity index (χ3v) is 5.79. The second-order valence-corrected chi connectivity index (χ2v) is 7.67. The van der Waals surface area contributed by atoms with Crippen molar-refractivity contribution < 1.29 is 13.2 Å². The van der Waals surface area contributed by atoms with Gasteiger partial charge in [0.15, 0.2) is 0 Å². The van der Waals surface area contributed by atoms with Crippen LogP contribution in [0.3, 0.4) is 0 Å². The SMILES string of the molecule is CCCCCS(=O)(=O)N1CCN(C(=O)Nc2cccnc2)CC1. The van der Waals surface area contributed by atoms with E-state index in [1.54, 1.807) is 29.4 Å². The van der Waals surface area contributed by atoms with Crippen molar-refractivity contribution >= 4 is 21.7 Å². The summed E-state index contributed by atoms with van der Waals surface area (Å²) in [6.45, 7) is 3.56. The van der Waals surface area contributed by atoms with E-state index in [1.165, 1.54) is 4.31 Å². The van der Waals surface area contributed by atoms with Gasteiger partial charge in [0.25, 0.3) is 0 Å². The van der Waals surface area contributed by atoms with Crippen LogP contribution in [-0.2, 0) is 10.0 Å². The second kappa shape index (κ2) is 8.26. The molecule has 1 aliphatic rings. The zero-order valence-corrected chi connectivity index (χ0v) is 14.3. The Labute approximate surface area is 137 Å². The first-order chi connectivity index (χ1) is 11.0. The molecule has 2 heterocycles. The number of piperazine rings is 1. The maximum absolute atomic E-state index is 12.2. The average Bonchev–Trinajstić information content (AvgIpc) is 2.56. The molecule has 0 spiro atoms. The van der Waals surface area contributed by atoms with Crippen LogP contribution in [0.1, 0.15) is 26.2 Å². The van der Waals surface area contributed by atoms with Gasteiger partial charge >= 0.3 is 6.03 Å². The zero-order chi connectivity index (χ0) is 16.7. The Bertz CT molecular complexity index is 598. The number of unbranched alkanes of at least 4 members (excludes halogenated alkanes) is 2. The first kappa shape index (κ1) is 17.7. The molecule has 0 atom stereocenters. The molecule has 0 bridgehead atoms. The fourth-order valence-electron chi connectivity index (χ4n) is 2.47. The normalized spacial score (nSPS) is 16.3. The van der Waals surface area contributed by atoms with Crippen LogP contribution in [0.5, 0.6) is 0 Å². The Morgan fingerprint density at radius 3 is 2.61 bits per heavy atom. The van der Waals surface area contributed by atoms with E-state index in [2.05, 4.69) is 10.3 Å². The predicted molar refractivity (Wildman–Crippen MR) is 89.7 cm³/mol. The van der Waals surface area contributed by atoms with E-state index >= 15 is 0 Å². The summed E-state index contributed by atoms with van der Waals surface area (Å²) >= 11 is 0. The molecule has 0 saturated carbocycles. The molecular formula is C15H24N4O3S. The van der Waals surface area contributed by atoms with Crippen molar-refractivity contribution in [2.45, 2.75) is 26.2 Å². The number of carbonyl (C=O) groups excluding carboxylic acids is 1. The van der Waals surface area contributed by atoms with Crippen LogP contribution in [0.25, 0.3) is 0 Å².